The monoisotopic (exact) mass is 258 g/mol. The van der Waals surface area contributed by atoms with Gasteiger partial charge in [0.05, 0.1) is 5.92 Å². The van der Waals surface area contributed by atoms with Crippen LogP contribution in [0.15, 0.2) is 12.1 Å². The smallest absolute Gasteiger partial charge is 0.307 e. The van der Waals surface area contributed by atoms with Crippen LogP contribution < -0.4 is 0 Å². The number of halogens is 2. The largest absolute Gasteiger partial charge is 0.481 e. The summed E-state index contributed by atoms with van der Waals surface area (Å²) in [5, 5.41) is 9.51. The van der Waals surface area contributed by atoms with Crippen molar-refractivity contribution in [3.8, 4) is 0 Å². The highest BCUT2D eigenvalue weighted by Gasteiger charge is 2.23. The van der Waals surface area contributed by atoms with Crippen LogP contribution in [0.2, 0.25) is 5.02 Å². The first-order chi connectivity index (χ1) is 7.82. The van der Waals surface area contributed by atoms with Gasteiger partial charge in [0, 0.05) is 5.02 Å². The van der Waals surface area contributed by atoms with Gasteiger partial charge in [-0.05, 0) is 42.5 Å². The van der Waals surface area contributed by atoms with Gasteiger partial charge in [-0.15, -0.1) is 0 Å². The molecule has 0 aliphatic heterocycles. The van der Waals surface area contributed by atoms with E-state index in [9.17, 15) is 9.18 Å². The molecule has 0 aliphatic rings. The minimum atomic E-state index is -0.878. The van der Waals surface area contributed by atoms with Crippen molar-refractivity contribution in [2.24, 2.45) is 11.8 Å². The summed E-state index contributed by atoms with van der Waals surface area (Å²) < 4.78 is 13.4. The fraction of sp³-hybridized carbons (Fsp3) is 0.462. The minimum Gasteiger partial charge on any atom is -0.481 e. The Morgan fingerprint density at radius 3 is 2.53 bits per heavy atom. The van der Waals surface area contributed by atoms with E-state index in [1.54, 1.807) is 6.92 Å². The number of hydrogen-bond donors (Lipinski definition) is 1. The predicted molar refractivity (Wildman–Crippen MR) is 65.8 cm³/mol. The van der Waals surface area contributed by atoms with Crippen molar-refractivity contribution in [1.29, 1.82) is 0 Å². The lowest BCUT2D eigenvalue weighted by molar-refractivity contribution is -0.143. The lowest BCUT2D eigenvalue weighted by Gasteiger charge is -2.17. The third-order valence-electron chi connectivity index (χ3n) is 2.89. The van der Waals surface area contributed by atoms with E-state index in [4.69, 9.17) is 16.7 Å². The van der Waals surface area contributed by atoms with Crippen LogP contribution in [0.3, 0.4) is 0 Å². The first kappa shape index (κ1) is 14.0. The van der Waals surface area contributed by atoms with Crippen molar-refractivity contribution in [3.05, 3.63) is 34.1 Å². The number of hydrogen-bond acceptors (Lipinski definition) is 1. The van der Waals surface area contributed by atoms with Crippen LogP contribution in [0.1, 0.15) is 25.0 Å². The number of carbonyl (C=O) groups is 1. The maximum absolute atomic E-state index is 13.4. The number of rotatable bonds is 4. The molecule has 1 aromatic carbocycles. The molecule has 4 heteroatoms. The van der Waals surface area contributed by atoms with Crippen LogP contribution >= 0.6 is 11.6 Å². The summed E-state index contributed by atoms with van der Waals surface area (Å²) in [6, 6.07) is 2.86. The van der Waals surface area contributed by atoms with Gasteiger partial charge in [-0.2, -0.15) is 0 Å². The molecule has 0 aromatic heterocycles. The lowest BCUT2D eigenvalue weighted by Crippen LogP contribution is -2.22. The highest BCUT2D eigenvalue weighted by Crippen LogP contribution is 2.25. The van der Waals surface area contributed by atoms with E-state index < -0.39 is 11.9 Å². The van der Waals surface area contributed by atoms with Crippen molar-refractivity contribution in [2.75, 3.05) is 0 Å². The number of aryl methyl sites for hydroxylation is 1. The summed E-state index contributed by atoms with van der Waals surface area (Å²) in [4.78, 5) is 11.1. The molecule has 0 radical (unpaired) electrons. The Morgan fingerprint density at radius 1 is 1.47 bits per heavy atom. The second kappa shape index (κ2) is 5.50. The van der Waals surface area contributed by atoms with Gasteiger partial charge in [-0.3, -0.25) is 4.79 Å². The van der Waals surface area contributed by atoms with Gasteiger partial charge in [-0.25, -0.2) is 4.39 Å². The molecule has 0 heterocycles. The molecule has 17 heavy (non-hydrogen) atoms. The summed E-state index contributed by atoms with van der Waals surface area (Å²) in [6.45, 7) is 5.29. The molecule has 1 unspecified atom stereocenters. The fourth-order valence-electron chi connectivity index (χ4n) is 1.69. The maximum atomic E-state index is 13.4. The van der Waals surface area contributed by atoms with Crippen molar-refractivity contribution in [1.82, 2.24) is 0 Å². The first-order valence-corrected chi connectivity index (χ1v) is 5.88. The Morgan fingerprint density at radius 2 is 2.06 bits per heavy atom. The molecule has 0 amide bonds. The zero-order valence-corrected chi connectivity index (χ0v) is 10.9. The third-order valence-corrected chi connectivity index (χ3v) is 3.24. The summed E-state index contributed by atoms with van der Waals surface area (Å²) >= 11 is 6.00. The van der Waals surface area contributed by atoms with Crippen molar-refractivity contribution < 1.29 is 14.3 Å². The number of carboxylic acids is 1. The van der Waals surface area contributed by atoms with Gasteiger partial charge in [0.25, 0.3) is 0 Å². The highest BCUT2D eigenvalue weighted by molar-refractivity contribution is 6.31. The number of benzene rings is 1. The zero-order chi connectivity index (χ0) is 13.2. The molecule has 0 saturated carbocycles. The molecule has 0 fully saturated rings. The average Bonchev–Trinajstić information content (AvgIpc) is 2.20. The van der Waals surface area contributed by atoms with Gasteiger partial charge in [0.2, 0.25) is 0 Å². The van der Waals surface area contributed by atoms with Crippen molar-refractivity contribution >= 4 is 17.6 Å². The van der Waals surface area contributed by atoms with Crippen LogP contribution in [0, 0.1) is 24.6 Å². The number of carboxylic acid groups (broad SMARTS) is 1. The normalized spacial score (nSPS) is 12.8. The standard InChI is InChI=1S/C13H16ClFO2/c1-7(2)10(13(16)17)5-9-6-12(15)8(3)4-11(9)14/h4,6-7,10H,5H2,1-3H3,(H,16,17). The maximum Gasteiger partial charge on any atom is 0.307 e. The highest BCUT2D eigenvalue weighted by atomic mass is 35.5. The quantitative estimate of drug-likeness (QED) is 0.894. The average molecular weight is 259 g/mol. The van der Waals surface area contributed by atoms with E-state index in [0.717, 1.165) is 0 Å². The molecule has 1 aromatic rings. The first-order valence-electron chi connectivity index (χ1n) is 5.50. The molecule has 0 aliphatic carbocycles. The van der Waals surface area contributed by atoms with Gasteiger partial charge in [0.15, 0.2) is 0 Å². The van der Waals surface area contributed by atoms with Crippen molar-refractivity contribution in [3.63, 3.8) is 0 Å². The second-order valence-corrected chi connectivity index (χ2v) is 4.99. The molecule has 1 rings (SSSR count). The Labute approximate surface area is 105 Å². The van der Waals surface area contributed by atoms with E-state index >= 15 is 0 Å². The van der Waals surface area contributed by atoms with E-state index in [2.05, 4.69) is 0 Å². The number of aliphatic carboxylic acids is 1. The SMILES string of the molecule is Cc1cc(Cl)c(CC(C(=O)O)C(C)C)cc1F. The van der Waals surface area contributed by atoms with E-state index in [1.807, 2.05) is 13.8 Å². The van der Waals surface area contributed by atoms with Gasteiger partial charge in [0.1, 0.15) is 5.82 Å². The van der Waals surface area contributed by atoms with E-state index in [1.165, 1.54) is 12.1 Å². The summed E-state index contributed by atoms with van der Waals surface area (Å²) in [7, 11) is 0. The van der Waals surface area contributed by atoms with E-state index in [-0.39, 0.29) is 18.2 Å². The molecule has 94 valence electrons. The van der Waals surface area contributed by atoms with Crippen LogP contribution in [-0.4, -0.2) is 11.1 Å². The third kappa shape index (κ3) is 3.43. The molecule has 1 N–H and O–H groups in total. The Hall–Kier alpha value is -1.09. The van der Waals surface area contributed by atoms with Crippen LogP contribution in [0.25, 0.3) is 0 Å². The Bertz CT molecular complexity index is 430. The summed E-state index contributed by atoms with van der Waals surface area (Å²) in [5.41, 5.74) is 1.02. The Kier molecular flexibility index (Phi) is 4.52. The second-order valence-electron chi connectivity index (χ2n) is 4.59. The zero-order valence-electron chi connectivity index (χ0n) is 10.1. The van der Waals surface area contributed by atoms with Crippen molar-refractivity contribution in [2.45, 2.75) is 27.2 Å². The van der Waals surface area contributed by atoms with Gasteiger partial charge >= 0.3 is 5.97 Å². The summed E-state index contributed by atoms with van der Waals surface area (Å²) in [5.74, 6) is -1.79. The molecule has 0 bridgehead atoms. The molecular weight excluding hydrogens is 243 g/mol. The molecule has 0 saturated heterocycles. The van der Waals surface area contributed by atoms with Crippen LogP contribution in [0.5, 0.6) is 0 Å². The minimum absolute atomic E-state index is 0.0204. The molecule has 0 spiro atoms. The fourth-order valence-corrected chi connectivity index (χ4v) is 1.98. The van der Waals surface area contributed by atoms with Crippen LogP contribution in [0.4, 0.5) is 4.39 Å². The van der Waals surface area contributed by atoms with E-state index in [0.29, 0.717) is 16.1 Å². The Balaban J connectivity index is 3.01. The lowest BCUT2D eigenvalue weighted by atomic mass is 9.89. The predicted octanol–water partition coefficient (Wildman–Crippen LogP) is 3.69. The topological polar surface area (TPSA) is 37.3 Å². The van der Waals surface area contributed by atoms with Gasteiger partial charge < -0.3 is 5.11 Å². The molecule has 2 nitrogen and oxygen atoms in total. The van der Waals surface area contributed by atoms with Gasteiger partial charge in [-0.1, -0.05) is 25.4 Å². The summed E-state index contributed by atoms with van der Waals surface area (Å²) in [6.07, 6.45) is 0.253. The molecule has 1 atom stereocenters. The van der Waals surface area contributed by atoms with Crippen LogP contribution in [-0.2, 0) is 11.2 Å². The molecular formula is C13H16ClFO2.